The van der Waals surface area contributed by atoms with Crippen molar-refractivity contribution >= 4 is 23.0 Å². The van der Waals surface area contributed by atoms with Crippen LogP contribution in [-0.4, -0.2) is 39.8 Å². The van der Waals surface area contributed by atoms with Crippen LogP contribution in [0.1, 0.15) is 28.2 Å². The van der Waals surface area contributed by atoms with Crippen LogP contribution in [-0.2, 0) is 0 Å². The predicted molar refractivity (Wildman–Crippen MR) is 61.2 cm³/mol. The van der Waals surface area contributed by atoms with Crippen LogP contribution in [0, 0.1) is 6.92 Å². The Kier molecular flexibility index (Phi) is 3.19. The van der Waals surface area contributed by atoms with Gasteiger partial charge in [-0.1, -0.05) is 5.16 Å². The van der Waals surface area contributed by atoms with E-state index in [1.807, 2.05) is 6.92 Å². The highest BCUT2D eigenvalue weighted by atomic mass is 32.1. The third-order valence-electron chi connectivity index (χ3n) is 2.71. The van der Waals surface area contributed by atoms with Crippen molar-refractivity contribution in [3.63, 3.8) is 0 Å². The zero-order valence-corrected chi connectivity index (χ0v) is 9.83. The van der Waals surface area contributed by atoms with Gasteiger partial charge in [0, 0.05) is 25.9 Å². The first-order chi connectivity index (χ1) is 7.72. The molecule has 0 aliphatic carbocycles. The molecule has 6 heteroatoms. The number of nitrogens with zero attached hydrogens (tertiary/aromatic N) is 3. The van der Waals surface area contributed by atoms with E-state index in [9.17, 15) is 4.79 Å². The molecule has 2 rings (SSSR count). The summed E-state index contributed by atoms with van der Waals surface area (Å²) >= 11 is 1.38. The lowest BCUT2D eigenvalue weighted by Gasteiger charge is -2.26. The van der Waals surface area contributed by atoms with Gasteiger partial charge in [-0.2, -0.15) is 0 Å². The van der Waals surface area contributed by atoms with Gasteiger partial charge in [0.05, 0.1) is 16.9 Å². The molecule has 0 unspecified atom stereocenters. The quantitative estimate of drug-likeness (QED) is 0.597. The van der Waals surface area contributed by atoms with Crippen molar-refractivity contribution in [3.8, 4) is 0 Å². The van der Waals surface area contributed by atoms with E-state index in [1.54, 1.807) is 10.4 Å². The number of amides is 1. The van der Waals surface area contributed by atoms with Gasteiger partial charge in [-0.05, 0) is 6.92 Å². The monoisotopic (exact) mass is 239 g/mol. The fourth-order valence-corrected chi connectivity index (χ4v) is 2.49. The molecule has 0 saturated carbocycles. The Balaban J connectivity index is 2.05. The van der Waals surface area contributed by atoms with Crippen molar-refractivity contribution in [2.45, 2.75) is 19.8 Å². The Morgan fingerprint density at radius 3 is 2.75 bits per heavy atom. The molecule has 0 atom stereocenters. The molecule has 16 heavy (non-hydrogen) atoms. The maximum atomic E-state index is 12.1. The molecular formula is C10H13N3O2S. The summed E-state index contributed by atoms with van der Waals surface area (Å²) in [7, 11) is 0. The van der Waals surface area contributed by atoms with Crippen LogP contribution in [0.25, 0.3) is 0 Å². The number of aryl methyl sites for hydroxylation is 1. The van der Waals surface area contributed by atoms with E-state index < -0.39 is 0 Å². The molecule has 2 heterocycles. The van der Waals surface area contributed by atoms with Gasteiger partial charge in [-0.3, -0.25) is 4.79 Å². The van der Waals surface area contributed by atoms with Crippen molar-refractivity contribution in [1.29, 1.82) is 0 Å². The highest BCUT2D eigenvalue weighted by Crippen LogP contribution is 2.17. The number of carbonyl (C=O) groups excluding carboxylic acids is 1. The number of aromatic nitrogens is 1. The zero-order valence-electron chi connectivity index (χ0n) is 9.01. The second-order valence-electron chi connectivity index (χ2n) is 3.73. The molecule has 0 spiro atoms. The molecule has 1 aromatic heterocycles. The van der Waals surface area contributed by atoms with Gasteiger partial charge < -0.3 is 10.1 Å². The zero-order chi connectivity index (χ0) is 11.5. The molecule has 1 fully saturated rings. The van der Waals surface area contributed by atoms with E-state index in [1.165, 1.54) is 11.3 Å². The minimum atomic E-state index is 0.0389. The average Bonchev–Trinajstić information content (AvgIpc) is 2.75. The van der Waals surface area contributed by atoms with E-state index in [0.29, 0.717) is 30.8 Å². The minimum Gasteiger partial charge on any atom is -0.411 e. The normalized spacial score (nSPS) is 16.3. The van der Waals surface area contributed by atoms with Gasteiger partial charge in [0.25, 0.3) is 5.91 Å². The topological polar surface area (TPSA) is 65.8 Å². The van der Waals surface area contributed by atoms with Crippen LogP contribution in [0.4, 0.5) is 0 Å². The second kappa shape index (κ2) is 4.61. The van der Waals surface area contributed by atoms with Gasteiger partial charge in [0.2, 0.25) is 0 Å². The average molecular weight is 239 g/mol. The van der Waals surface area contributed by atoms with Crippen LogP contribution in [0.2, 0.25) is 0 Å². The Morgan fingerprint density at radius 2 is 2.25 bits per heavy atom. The number of carbonyl (C=O) groups is 1. The summed E-state index contributed by atoms with van der Waals surface area (Å²) in [6, 6.07) is 0. The molecule has 86 valence electrons. The van der Waals surface area contributed by atoms with Crippen molar-refractivity contribution in [1.82, 2.24) is 9.88 Å². The van der Waals surface area contributed by atoms with Crippen molar-refractivity contribution in [2.75, 3.05) is 13.1 Å². The SMILES string of the molecule is Cc1ncsc1C(=O)N1CCC(=NO)CC1. The van der Waals surface area contributed by atoms with E-state index >= 15 is 0 Å². The molecule has 5 nitrogen and oxygen atoms in total. The number of hydrogen-bond donors (Lipinski definition) is 1. The van der Waals surface area contributed by atoms with E-state index in [2.05, 4.69) is 10.1 Å². The summed E-state index contributed by atoms with van der Waals surface area (Å²) in [5.74, 6) is 0.0389. The molecule has 0 radical (unpaired) electrons. The summed E-state index contributed by atoms with van der Waals surface area (Å²) in [6.45, 7) is 3.08. The molecule has 1 aliphatic heterocycles. The van der Waals surface area contributed by atoms with Crippen LogP contribution in [0.3, 0.4) is 0 Å². The third-order valence-corrected chi connectivity index (χ3v) is 3.63. The predicted octanol–water partition coefficient (Wildman–Crippen LogP) is 1.52. The number of likely N-dealkylation sites (tertiary alicyclic amines) is 1. The fourth-order valence-electron chi connectivity index (χ4n) is 1.72. The molecule has 1 aromatic rings. The van der Waals surface area contributed by atoms with E-state index in [0.717, 1.165) is 11.4 Å². The highest BCUT2D eigenvalue weighted by molar-refractivity contribution is 7.11. The van der Waals surface area contributed by atoms with Crippen LogP contribution >= 0.6 is 11.3 Å². The summed E-state index contributed by atoms with van der Waals surface area (Å²) < 4.78 is 0. The largest absolute Gasteiger partial charge is 0.411 e. The summed E-state index contributed by atoms with van der Waals surface area (Å²) in [5.41, 5.74) is 3.24. The smallest absolute Gasteiger partial charge is 0.265 e. The van der Waals surface area contributed by atoms with Gasteiger partial charge in [0.1, 0.15) is 4.88 Å². The lowest BCUT2D eigenvalue weighted by Crippen LogP contribution is -2.38. The highest BCUT2D eigenvalue weighted by Gasteiger charge is 2.23. The maximum absolute atomic E-state index is 12.1. The van der Waals surface area contributed by atoms with Gasteiger partial charge >= 0.3 is 0 Å². The van der Waals surface area contributed by atoms with Crippen molar-refractivity contribution in [3.05, 3.63) is 16.1 Å². The molecule has 1 saturated heterocycles. The Hall–Kier alpha value is -1.43. The Bertz CT molecular complexity index is 417. The van der Waals surface area contributed by atoms with Crippen molar-refractivity contribution in [2.24, 2.45) is 5.16 Å². The minimum absolute atomic E-state index is 0.0389. The van der Waals surface area contributed by atoms with Gasteiger partial charge in [0.15, 0.2) is 0 Å². The summed E-state index contributed by atoms with van der Waals surface area (Å²) in [5, 5.41) is 11.8. The molecular weight excluding hydrogens is 226 g/mol. The molecule has 1 N–H and O–H groups in total. The third kappa shape index (κ3) is 2.06. The van der Waals surface area contributed by atoms with Crippen molar-refractivity contribution < 1.29 is 10.0 Å². The second-order valence-corrected chi connectivity index (χ2v) is 4.58. The molecule has 1 amide bonds. The lowest BCUT2D eigenvalue weighted by atomic mass is 10.1. The number of thiazole rings is 1. The van der Waals surface area contributed by atoms with Crippen LogP contribution < -0.4 is 0 Å². The lowest BCUT2D eigenvalue weighted by molar-refractivity contribution is 0.0757. The fraction of sp³-hybridized carbons (Fsp3) is 0.500. The first-order valence-corrected chi connectivity index (χ1v) is 5.99. The Labute approximate surface area is 97.4 Å². The van der Waals surface area contributed by atoms with E-state index in [-0.39, 0.29) is 5.91 Å². The summed E-state index contributed by atoms with van der Waals surface area (Å²) in [4.78, 5) is 18.6. The molecule has 0 bridgehead atoms. The number of oxime groups is 1. The van der Waals surface area contributed by atoms with E-state index in [4.69, 9.17) is 5.21 Å². The van der Waals surface area contributed by atoms with Crippen LogP contribution in [0.15, 0.2) is 10.7 Å². The molecule has 0 aromatic carbocycles. The number of piperidine rings is 1. The first kappa shape index (κ1) is 11.1. The maximum Gasteiger partial charge on any atom is 0.265 e. The number of hydrogen-bond acceptors (Lipinski definition) is 5. The van der Waals surface area contributed by atoms with Crippen LogP contribution in [0.5, 0.6) is 0 Å². The standard InChI is InChI=1S/C10H13N3O2S/c1-7-9(16-6-11-7)10(14)13-4-2-8(12-15)3-5-13/h6,15H,2-5H2,1H3. The van der Waals surface area contributed by atoms with Gasteiger partial charge in [-0.15, -0.1) is 11.3 Å². The summed E-state index contributed by atoms with van der Waals surface area (Å²) in [6.07, 6.45) is 1.31. The van der Waals surface area contributed by atoms with Gasteiger partial charge in [-0.25, -0.2) is 4.98 Å². The number of rotatable bonds is 1. The first-order valence-electron chi connectivity index (χ1n) is 5.11. The molecule has 1 aliphatic rings. The Morgan fingerprint density at radius 1 is 1.56 bits per heavy atom.